The van der Waals surface area contributed by atoms with Crippen molar-refractivity contribution in [3.8, 4) is 11.5 Å². The molecule has 1 saturated heterocycles. The number of hydrogen-bond donors (Lipinski definition) is 0. The fraction of sp³-hybridized carbons (Fsp3) is 0.462. The summed E-state index contributed by atoms with van der Waals surface area (Å²) < 4.78 is 22.1. The van der Waals surface area contributed by atoms with Gasteiger partial charge in [-0.3, -0.25) is 4.79 Å². The number of carbonyl (C=O) groups is 1. The molecular formula is C13H14O5S. The molecule has 0 N–H and O–H groups in total. The molecule has 0 aromatic heterocycles. The van der Waals surface area contributed by atoms with E-state index in [4.69, 9.17) is 18.9 Å². The van der Waals surface area contributed by atoms with Gasteiger partial charge < -0.3 is 18.9 Å². The van der Waals surface area contributed by atoms with E-state index < -0.39 is 5.79 Å². The summed E-state index contributed by atoms with van der Waals surface area (Å²) in [7, 11) is 0. The molecule has 0 aliphatic carbocycles. The van der Waals surface area contributed by atoms with Crippen LogP contribution >= 0.6 is 11.8 Å². The molecular weight excluding hydrogens is 268 g/mol. The second kappa shape index (κ2) is 5.03. The second-order valence-corrected chi connectivity index (χ2v) is 5.45. The standard InChI is InChI=1S/C13H14O5S/c1-9(14)19-7-13(17-4-5-18-13)10-2-3-11-12(6-10)16-8-15-11/h2-3,6H,4-5,7-8H2,1H3. The first-order valence-corrected chi connectivity index (χ1v) is 7.00. The lowest BCUT2D eigenvalue weighted by molar-refractivity contribution is -0.145. The van der Waals surface area contributed by atoms with Crippen molar-refractivity contribution >= 4 is 16.9 Å². The maximum Gasteiger partial charge on any atom is 0.231 e. The Kier molecular flexibility index (Phi) is 3.38. The minimum Gasteiger partial charge on any atom is -0.454 e. The van der Waals surface area contributed by atoms with Gasteiger partial charge in [-0.25, -0.2) is 0 Å². The maximum atomic E-state index is 11.2. The molecule has 2 aliphatic rings. The molecule has 1 fully saturated rings. The lowest BCUT2D eigenvalue weighted by Crippen LogP contribution is -2.30. The van der Waals surface area contributed by atoms with Crippen molar-refractivity contribution in [2.24, 2.45) is 0 Å². The van der Waals surface area contributed by atoms with Gasteiger partial charge in [0.15, 0.2) is 16.6 Å². The van der Waals surface area contributed by atoms with Crippen LogP contribution in [0.2, 0.25) is 0 Å². The van der Waals surface area contributed by atoms with Crippen LogP contribution in [0.15, 0.2) is 18.2 Å². The predicted octanol–water partition coefficient (Wildman–Crippen LogP) is 1.89. The Labute approximate surface area is 115 Å². The average Bonchev–Trinajstić information content (AvgIpc) is 3.05. The maximum absolute atomic E-state index is 11.2. The zero-order chi connectivity index (χ0) is 13.3. The highest BCUT2D eigenvalue weighted by Gasteiger charge is 2.40. The van der Waals surface area contributed by atoms with Crippen LogP contribution in [0.5, 0.6) is 11.5 Å². The van der Waals surface area contributed by atoms with Crippen molar-refractivity contribution in [1.29, 1.82) is 0 Å². The fourth-order valence-electron chi connectivity index (χ4n) is 2.12. The third-order valence-electron chi connectivity index (χ3n) is 3.03. The van der Waals surface area contributed by atoms with Gasteiger partial charge in [0.05, 0.1) is 19.0 Å². The smallest absolute Gasteiger partial charge is 0.231 e. The van der Waals surface area contributed by atoms with Crippen LogP contribution in [0.1, 0.15) is 12.5 Å². The molecule has 0 saturated carbocycles. The quantitative estimate of drug-likeness (QED) is 0.844. The molecule has 0 bridgehead atoms. The van der Waals surface area contributed by atoms with Crippen LogP contribution < -0.4 is 9.47 Å². The minimum atomic E-state index is -0.864. The first-order valence-electron chi connectivity index (χ1n) is 6.01. The highest BCUT2D eigenvalue weighted by atomic mass is 32.2. The third-order valence-corrected chi connectivity index (χ3v) is 3.96. The summed E-state index contributed by atoms with van der Waals surface area (Å²) >= 11 is 1.19. The molecule has 102 valence electrons. The van der Waals surface area contributed by atoms with E-state index in [9.17, 15) is 4.79 Å². The van der Waals surface area contributed by atoms with E-state index in [1.165, 1.54) is 18.7 Å². The molecule has 5 nitrogen and oxygen atoms in total. The highest BCUT2D eigenvalue weighted by molar-refractivity contribution is 8.13. The topological polar surface area (TPSA) is 54.0 Å². The van der Waals surface area contributed by atoms with Gasteiger partial charge in [-0.1, -0.05) is 11.8 Å². The third kappa shape index (κ3) is 2.43. The second-order valence-electron chi connectivity index (χ2n) is 4.30. The van der Waals surface area contributed by atoms with E-state index in [1.807, 2.05) is 18.2 Å². The van der Waals surface area contributed by atoms with Crippen LogP contribution in [0, 0.1) is 0 Å². The Bertz CT molecular complexity index is 496. The molecule has 1 aromatic rings. The highest BCUT2D eigenvalue weighted by Crippen LogP contribution is 2.40. The van der Waals surface area contributed by atoms with Gasteiger partial charge in [-0.05, 0) is 18.2 Å². The Morgan fingerprint density at radius 2 is 2.00 bits per heavy atom. The SMILES string of the molecule is CC(=O)SCC1(c2ccc3c(c2)OCO3)OCCO1. The summed E-state index contributed by atoms with van der Waals surface area (Å²) in [4.78, 5) is 11.2. The lowest BCUT2D eigenvalue weighted by Gasteiger charge is -2.27. The molecule has 1 aromatic carbocycles. The van der Waals surface area contributed by atoms with Gasteiger partial charge in [0.25, 0.3) is 0 Å². The summed E-state index contributed by atoms with van der Waals surface area (Å²) in [6.45, 7) is 2.81. The normalized spacial score (nSPS) is 19.6. The number of hydrogen-bond acceptors (Lipinski definition) is 6. The molecule has 0 atom stereocenters. The zero-order valence-electron chi connectivity index (χ0n) is 10.5. The van der Waals surface area contributed by atoms with E-state index in [0.717, 1.165) is 11.3 Å². The summed E-state index contributed by atoms with van der Waals surface area (Å²) in [5.74, 6) is 0.971. The van der Waals surface area contributed by atoms with Crippen molar-refractivity contribution in [3.63, 3.8) is 0 Å². The molecule has 3 rings (SSSR count). The van der Waals surface area contributed by atoms with Gasteiger partial charge in [0, 0.05) is 12.5 Å². The monoisotopic (exact) mass is 282 g/mol. The Morgan fingerprint density at radius 1 is 1.26 bits per heavy atom. The van der Waals surface area contributed by atoms with Gasteiger partial charge in [-0.2, -0.15) is 0 Å². The largest absolute Gasteiger partial charge is 0.454 e. The number of carbonyl (C=O) groups excluding carboxylic acids is 1. The number of fused-ring (bicyclic) bond motifs is 1. The Hall–Kier alpha value is -1.24. The summed E-state index contributed by atoms with van der Waals surface area (Å²) in [5.41, 5.74) is 0.850. The van der Waals surface area contributed by atoms with Gasteiger partial charge in [-0.15, -0.1) is 0 Å². The number of rotatable bonds is 3. The van der Waals surface area contributed by atoms with E-state index in [-0.39, 0.29) is 11.9 Å². The predicted molar refractivity (Wildman–Crippen MR) is 69.3 cm³/mol. The van der Waals surface area contributed by atoms with Crippen molar-refractivity contribution in [2.45, 2.75) is 12.7 Å². The van der Waals surface area contributed by atoms with Crippen LogP contribution in [-0.2, 0) is 20.1 Å². The summed E-state index contributed by atoms with van der Waals surface area (Å²) in [6, 6.07) is 5.58. The van der Waals surface area contributed by atoms with E-state index in [1.54, 1.807) is 0 Å². The molecule has 6 heteroatoms. The van der Waals surface area contributed by atoms with E-state index >= 15 is 0 Å². The van der Waals surface area contributed by atoms with Crippen LogP contribution in [0.25, 0.3) is 0 Å². The lowest BCUT2D eigenvalue weighted by atomic mass is 10.1. The average molecular weight is 282 g/mol. The summed E-state index contributed by atoms with van der Waals surface area (Å²) in [6.07, 6.45) is 0. The molecule has 0 amide bonds. The van der Waals surface area contributed by atoms with Gasteiger partial charge >= 0.3 is 0 Å². The first kappa shape index (κ1) is 12.8. The fourth-order valence-corrected chi connectivity index (χ4v) is 2.84. The molecule has 19 heavy (non-hydrogen) atoms. The van der Waals surface area contributed by atoms with Crippen molar-refractivity contribution in [2.75, 3.05) is 25.8 Å². The molecule has 0 radical (unpaired) electrons. The molecule has 0 unspecified atom stereocenters. The van der Waals surface area contributed by atoms with Crippen molar-refractivity contribution in [3.05, 3.63) is 23.8 Å². The number of benzene rings is 1. The van der Waals surface area contributed by atoms with Crippen LogP contribution in [0.4, 0.5) is 0 Å². The number of ether oxygens (including phenoxy) is 4. The van der Waals surface area contributed by atoms with E-state index in [2.05, 4.69) is 0 Å². The minimum absolute atomic E-state index is 0.0409. The molecule has 2 aliphatic heterocycles. The Morgan fingerprint density at radius 3 is 2.74 bits per heavy atom. The van der Waals surface area contributed by atoms with Gasteiger partial charge in [0.1, 0.15) is 0 Å². The van der Waals surface area contributed by atoms with Crippen LogP contribution in [0.3, 0.4) is 0 Å². The first-order chi connectivity index (χ1) is 9.20. The van der Waals surface area contributed by atoms with Crippen molar-refractivity contribution in [1.82, 2.24) is 0 Å². The Balaban J connectivity index is 1.89. The van der Waals surface area contributed by atoms with E-state index in [0.29, 0.717) is 24.7 Å². The number of thioether (sulfide) groups is 1. The van der Waals surface area contributed by atoms with Gasteiger partial charge in [0.2, 0.25) is 12.6 Å². The van der Waals surface area contributed by atoms with Crippen LogP contribution in [-0.4, -0.2) is 30.9 Å². The molecule has 0 spiro atoms. The zero-order valence-corrected chi connectivity index (χ0v) is 11.3. The summed E-state index contributed by atoms with van der Waals surface area (Å²) in [5, 5.41) is 0.0409. The van der Waals surface area contributed by atoms with Crippen molar-refractivity contribution < 1.29 is 23.7 Å². The molecule has 2 heterocycles.